The van der Waals surface area contributed by atoms with Gasteiger partial charge in [-0.15, -0.1) is 0 Å². The molecule has 0 spiro atoms. The van der Waals surface area contributed by atoms with Crippen molar-refractivity contribution in [1.82, 2.24) is 5.32 Å². The molecule has 0 radical (unpaired) electrons. The fourth-order valence-corrected chi connectivity index (χ4v) is 2.02. The number of methoxy groups -OCH3 is 2. The second-order valence-electron chi connectivity index (χ2n) is 4.19. The Morgan fingerprint density at radius 2 is 1.76 bits per heavy atom. The molecule has 0 saturated heterocycles. The summed E-state index contributed by atoms with van der Waals surface area (Å²) in [5.74, 6) is 1.68. The second kappa shape index (κ2) is 5.89. The molecule has 0 heterocycles. The first kappa shape index (κ1) is 13.8. The molecule has 0 aliphatic carbocycles. The molecule has 1 aromatic carbocycles. The zero-order valence-corrected chi connectivity index (χ0v) is 11.2. The van der Waals surface area contributed by atoms with Gasteiger partial charge in [0.05, 0.1) is 20.3 Å². The van der Waals surface area contributed by atoms with Gasteiger partial charge in [0, 0.05) is 11.6 Å². The lowest BCUT2D eigenvalue weighted by molar-refractivity contribution is 0.383. The smallest absolute Gasteiger partial charge is 0.124 e. The maximum Gasteiger partial charge on any atom is 0.124 e. The van der Waals surface area contributed by atoms with Gasteiger partial charge in [0.15, 0.2) is 0 Å². The maximum absolute atomic E-state index is 5.97. The third-order valence-corrected chi connectivity index (χ3v) is 2.92. The minimum Gasteiger partial charge on any atom is -0.496 e. The molecule has 1 aromatic rings. The van der Waals surface area contributed by atoms with Gasteiger partial charge in [0.25, 0.3) is 0 Å². The van der Waals surface area contributed by atoms with Crippen LogP contribution in [0.5, 0.6) is 11.5 Å². The van der Waals surface area contributed by atoms with Gasteiger partial charge in [-0.05, 0) is 38.6 Å². The van der Waals surface area contributed by atoms with E-state index in [0.717, 1.165) is 22.6 Å². The van der Waals surface area contributed by atoms with Crippen molar-refractivity contribution in [3.05, 3.63) is 23.3 Å². The predicted octanol–water partition coefficient (Wildman–Crippen LogP) is 1.62. The molecule has 3 N–H and O–H groups in total. The van der Waals surface area contributed by atoms with Gasteiger partial charge in [-0.1, -0.05) is 0 Å². The molecule has 0 bridgehead atoms. The van der Waals surface area contributed by atoms with E-state index in [0.29, 0.717) is 0 Å². The van der Waals surface area contributed by atoms with Crippen molar-refractivity contribution >= 4 is 0 Å². The van der Waals surface area contributed by atoms with Crippen LogP contribution in [0.25, 0.3) is 0 Å². The topological polar surface area (TPSA) is 56.5 Å². The van der Waals surface area contributed by atoms with E-state index in [9.17, 15) is 0 Å². The van der Waals surface area contributed by atoms with Gasteiger partial charge < -0.3 is 20.5 Å². The second-order valence-corrected chi connectivity index (χ2v) is 4.19. The molecule has 2 atom stereocenters. The summed E-state index contributed by atoms with van der Waals surface area (Å²) < 4.78 is 10.7. The Morgan fingerprint density at radius 3 is 2.18 bits per heavy atom. The summed E-state index contributed by atoms with van der Waals surface area (Å²) in [6.07, 6.45) is 0. The lowest BCUT2D eigenvalue weighted by atomic mass is 9.98. The quantitative estimate of drug-likeness (QED) is 0.818. The molecule has 0 saturated carbocycles. The monoisotopic (exact) mass is 238 g/mol. The standard InChI is InChI=1S/C13H22N2O2/c1-8-6-12(17-5)10(7-11(8)16-4)13(15-3)9(2)14/h6-7,9,13,15H,14H2,1-5H3. The van der Waals surface area contributed by atoms with Crippen molar-refractivity contribution in [3.63, 3.8) is 0 Å². The molecule has 0 aliphatic heterocycles. The molecule has 0 amide bonds. The van der Waals surface area contributed by atoms with E-state index >= 15 is 0 Å². The third-order valence-electron chi connectivity index (χ3n) is 2.92. The number of rotatable bonds is 5. The van der Waals surface area contributed by atoms with E-state index in [4.69, 9.17) is 15.2 Å². The van der Waals surface area contributed by atoms with Crippen molar-refractivity contribution in [2.24, 2.45) is 5.73 Å². The van der Waals surface area contributed by atoms with Crippen molar-refractivity contribution < 1.29 is 9.47 Å². The first-order valence-corrected chi connectivity index (χ1v) is 5.70. The van der Waals surface area contributed by atoms with Crippen molar-refractivity contribution in [2.45, 2.75) is 25.9 Å². The molecule has 2 unspecified atom stereocenters. The van der Waals surface area contributed by atoms with Crippen molar-refractivity contribution in [3.8, 4) is 11.5 Å². The van der Waals surface area contributed by atoms with E-state index < -0.39 is 0 Å². The zero-order chi connectivity index (χ0) is 13.0. The van der Waals surface area contributed by atoms with E-state index in [1.807, 2.05) is 33.0 Å². The Labute approximate surface area is 103 Å². The highest BCUT2D eigenvalue weighted by atomic mass is 16.5. The van der Waals surface area contributed by atoms with Crippen LogP contribution in [-0.4, -0.2) is 27.3 Å². The summed E-state index contributed by atoms with van der Waals surface area (Å²) in [5.41, 5.74) is 8.04. The number of ether oxygens (including phenoxy) is 2. The summed E-state index contributed by atoms with van der Waals surface area (Å²) in [6.45, 7) is 3.96. The van der Waals surface area contributed by atoms with E-state index in [1.165, 1.54) is 0 Å². The third kappa shape index (κ3) is 2.90. The van der Waals surface area contributed by atoms with Crippen LogP contribution in [0.4, 0.5) is 0 Å². The average molecular weight is 238 g/mol. The largest absolute Gasteiger partial charge is 0.496 e. The summed E-state index contributed by atoms with van der Waals surface area (Å²) in [5, 5.41) is 3.20. The Kier molecular flexibility index (Phi) is 4.78. The summed E-state index contributed by atoms with van der Waals surface area (Å²) in [4.78, 5) is 0. The van der Waals surface area contributed by atoms with Crippen molar-refractivity contribution in [2.75, 3.05) is 21.3 Å². The molecule has 4 heteroatoms. The first-order valence-electron chi connectivity index (χ1n) is 5.70. The summed E-state index contributed by atoms with van der Waals surface area (Å²) >= 11 is 0. The molecule has 0 fully saturated rings. The highest BCUT2D eigenvalue weighted by molar-refractivity contribution is 5.47. The van der Waals surface area contributed by atoms with E-state index in [1.54, 1.807) is 14.2 Å². The Balaban J connectivity index is 3.28. The van der Waals surface area contributed by atoms with Crippen LogP contribution < -0.4 is 20.5 Å². The fourth-order valence-electron chi connectivity index (χ4n) is 2.02. The Hall–Kier alpha value is -1.26. The highest BCUT2D eigenvalue weighted by Gasteiger charge is 2.20. The van der Waals surface area contributed by atoms with Crippen LogP contribution >= 0.6 is 0 Å². The predicted molar refractivity (Wildman–Crippen MR) is 69.7 cm³/mol. The number of nitrogens with one attached hydrogen (secondary N) is 1. The van der Waals surface area contributed by atoms with Crippen LogP contribution in [0.15, 0.2) is 12.1 Å². The minimum absolute atomic E-state index is 0.0127. The molecule has 0 aliphatic rings. The molecule has 96 valence electrons. The molecule has 0 aromatic heterocycles. The molecule has 1 rings (SSSR count). The van der Waals surface area contributed by atoms with Gasteiger partial charge in [0.2, 0.25) is 0 Å². The van der Waals surface area contributed by atoms with Gasteiger partial charge in [-0.25, -0.2) is 0 Å². The molecule has 4 nitrogen and oxygen atoms in total. The van der Waals surface area contributed by atoms with Gasteiger partial charge in [-0.3, -0.25) is 0 Å². The Morgan fingerprint density at radius 1 is 1.18 bits per heavy atom. The lowest BCUT2D eigenvalue weighted by Crippen LogP contribution is -2.34. The number of benzene rings is 1. The van der Waals surface area contributed by atoms with Gasteiger partial charge >= 0.3 is 0 Å². The highest BCUT2D eigenvalue weighted by Crippen LogP contribution is 2.33. The summed E-state index contributed by atoms with van der Waals surface area (Å²) in [7, 11) is 5.22. The molecular formula is C13H22N2O2. The van der Waals surface area contributed by atoms with Crippen LogP contribution in [0, 0.1) is 6.92 Å². The van der Waals surface area contributed by atoms with E-state index in [2.05, 4.69) is 5.32 Å². The maximum atomic E-state index is 5.97. The summed E-state index contributed by atoms with van der Waals surface area (Å²) in [6, 6.07) is 3.99. The Bertz CT molecular complexity index is 378. The van der Waals surface area contributed by atoms with E-state index in [-0.39, 0.29) is 12.1 Å². The average Bonchev–Trinajstić information content (AvgIpc) is 2.30. The number of hydrogen-bond acceptors (Lipinski definition) is 4. The minimum atomic E-state index is -0.0127. The number of aryl methyl sites for hydroxylation is 1. The lowest BCUT2D eigenvalue weighted by Gasteiger charge is -2.24. The first-order chi connectivity index (χ1) is 8.04. The van der Waals surface area contributed by atoms with Gasteiger partial charge in [0.1, 0.15) is 11.5 Å². The van der Waals surface area contributed by atoms with Crippen LogP contribution in [-0.2, 0) is 0 Å². The van der Waals surface area contributed by atoms with Crippen molar-refractivity contribution in [1.29, 1.82) is 0 Å². The SMILES string of the molecule is CNC(c1cc(OC)c(C)cc1OC)C(C)N. The van der Waals surface area contributed by atoms with Crippen LogP contribution in [0.2, 0.25) is 0 Å². The number of nitrogens with two attached hydrogens (primary N) is 1. The zero-order valence-electron chi connectivity index (χ0n) is 11.2. The van der Waals surface area contributed by atoms with Gasteiger partial charge in [-0.2, -0.15) is 0 Å². The fraction of sp³-hybridized carbons (Fsp3) is 0.538. The van der Waals surface area contributed by atoms with Crippen LogP contribution in [0.3, 0.4) is 0 Å². The normalized spacial score (nSPS) is 14.2. The van der Waals surface area contributed by atoms with Crippen LogP contribution in [0.1, 0.15) is 24.1 Å². The number of likely N-dealkylation sites (N-methyl/N-ethyl adjacent to an activating group) is 1. The molecule has 17 heavy (non-hydrogen) atoms. The number of hydrogen-bond donors (Lipinski definition) is 2. The molecular weight excluding hydrogens is 216 g/mol.